The molecular formula is C23H23N5. The molecule has 0 unspecified atom stereocenters. The number of benzene rings is 2. The standard InChI is InChI=1S/C23H23N5/c1-15-22(16(2)27(4)25-15)28-14-26(3)21-13-24-20-11-10-18(12-19(20)23(21)28)17-8-6-5-7-9-17/h5-13H,14H2,1-4H3. The van der Waals surface area contributed by atoms with Gasteiger partial charge in [0.05, 0.1) is 46.8 Å². The maximum absolute atomic E-state index is 4.73. The van der Waals surface area contributed by atoms with E-state index >= 15 is 0 Å². The highest BCUT2D eigenvalue weighted by Crippen LogP contribution is 2.46. The van der Waals surface area contributed by atoms with Crippen molar-refractivity contribution in [2.24, 2.45) is 7.05 Å². The van der Waals surface area contributed by atoms with Gasteiger partial charge in [-0.05, 0) is 37.1 Å². The van der Waals surface area contributed by atoms with Gasteiger partial charge in [-0.15, -0.1) is 0 Å². The van der Waals surface area contributed by atoms with Crippen LogP contribution in [0.25, 0.3) is 22.0 Å². The number of hydrogen-bond acceptors (Lipinski definition) is 4. The van der Waals surface area contributed by atoms with Gasteiger partial charge >= 0.3 is 0 Å². The number of anilines is 3. The number of aryl methyl sites for hydroxylation is 2. The molecule has 4 aromatic rings. The van der Waals surface area contributed by atoms with Crippen LogP contribution in [0.3, 0.4) is 0 Å². The minimum atomic E-state index is 0.791. The van der Waals surface area contributed by atoms with E-state index in [1.54, 1.807) is 0 Å². The van der Waals surface area contributed by atoms with E-state index in [-0.39, 0.29) is 0 Å². The minimum absolute atomic E-state index is 0.791. The van der Waals surface area contributed by atoms with Gasteiger partial charge in [0, 0.05) is 19.5 Å². The van der Waals surface area contributed by atoms with Gasteiger partial charge in [-0.25, -0.2) is 0 Å². The third-order valence-electron chi connectivity index (χ3n) is 5.70. The first-order valence-corrected chi connectivity index (χ1v) is 9.51. The Morgan fingerprint density at radius 1 is 0.893 bits per heavy atom. The minimum Gasteiger partial charge on any atom is -0.354 e. The van der Waals surface area contributed by atoms with Crippen LogP contribution in [0.4, 0.5) is 17.1 Å². The topological polar surface area (TPSA) is 37.2 Å². The predicted molar refractivity (Wildman–Crippen MR) is 115 cm³/mol. The summed E-state index contributed by atoms with van der Waals surface area (Å²) in [5.74, 6) is 0. The van der Waals surface area contributed by atoms with Crippen LogP contribution >= 0.6 is 0 Å². The van der Waals surface area contributed by atoms with Crippen molar-refractivity contribution in [1.29, 1.82) is 0 Å². The smallest absolute Gasteiger partial charge is 0.0952 e. The summed E-state index contributed by atoms with van der Waals surface area (Å²) in [6, 6.07) is 17.1. The fourth-order valence-corrected chi connectivity index (χ4v) is 4.24. The molecule has 0 fully saturated rings. The summed E-state index contributed by atoms with van der Waals surface area (Å²) in [6.45, 7) is 5.00. The van der Waals surface area contributed by atoms with Crippen LogP contribution in [0.2, 0.25) is 0 Å². The van der Waals surface area contributed by atoms with Crippen molar-refractivity contribution in [1.82, 2.24) is 14.8 Å². The Hall–Kier alpha value is -3.34. The summed E-state index contributed by atoms with van der Waals surface area (Å²) < 4.78 is 1.96. The fraction of sp³-hybridized carbons (Fsp3) is 0.217. The Kier molecular flexibility index (Phi) is 3.66. The lowest BCUT2D eigenvalue weighted by molar-refractivity contribution is 0.731. The second kappa shape index (κ2) is 6.09. The summed E-state index contributed by atoms with van der Waals surface area (Å²) >= 11 is 0. The van der Waals surface area contributed by atoms with Crippen molar-refractivity contribution < 1.29 is 0 Å². The van der Waals surface area contributed by atoms with Crippen molar-refractivity contribution in [3.05, 3.63) is 66.1 Å². The van der Waals surface area contributed by atoms with Crippen molar-refractivity contribution in [2.75, 3.05) is 23.5 Å². The third kappa shape index (κ3) is 2.39. The van der Waals surface area contributed by atoms with Gasteiger partial charge in [0.25, 0.3) is 0 Å². The van der Waals surface area contributed by atoms with Gasteiger partial charge in [0.15, 0.2) is 0 Å². The molecule has 140 valence electrons. The third-order valence-corrected chi connectivity index (χ3v) is 5.70. The van der Waals surface area contributed by atoms with Crippen LogP contribution in [0.1, 0.15) is 11.4 Å². The van der Waals surface area contributed by atoms with E-state index in [1.165, 1.54) is 33.6 Å². The van der Waals surface area contributed by atoms with Crippen LogP contribution in [-0.4, -0.2) is 28.5 Å². The van der Waals surface area contributed by atoms with E-state index in [9.17, 15) is 0 Å². The molecule has 0 saturated carbocycles. The summed E-state index contributed by atoms with van der Waals surface area (Å²) in [6.07, 6.45) is 1.99. The normalized spacial score (nSPS) is 13.4. The van der Waals surface area contributed by atoms with Gasteiger partial charge in [0.1, 0.15) is 0 Å². The predicted octanol–water partition coefficient (Wildman–Crippen LogP) is 4.80. The lowest BCUT2D eigenvalue weighted by Gasteiger charge is -2.21. The largest absolute Gasteiger partial charge is 0.354 e. The van der Waals surface area contributed by atoms with Gasteiger partial charge in [0.2, 0.25) is 0 Å². The molecule has 3 heterocycles. The van der Waals surface area contributed by atoms with Crippen LogP contribution < -0.4 is 9.80 Å². The first-order valence-electron chi connectivity index (χ1n) is 9.51. The van der Waals surface area contributed by atoms with Crippen LogP contribution in [0, 0.1) is 13.8 Å². The van der Waals surface area contributed by atoms with Crippen LogP contribution in [0.5, 0.6) is 0 Å². The van der Waals surface area contributed by atoms with E-state index in [4.69, 9.17) is 4.98 Å². The van der Waals surface area contributed by atoms with Gasteiger partial charge < -0.3 is 9.80 Å². The number of aromatic nitrogens is 3. The van der Waals surface area contributed by atoms with Gasteiger partial charge in [-0.2, -0.15) is 5.10 Å². The highest BCUT2D eigenvalue weighted by atomic mass is 15.4. The molecule has 0 bridgehead atoms. The summed E-state index contributed by atoms with van der Waals surface area (Å²) in [7, 11) is 4.12. The zero-order chi connectivity index (χ0) is 19.4. The Morgan fingerprint density at radius 2 is 1.68 bits per heavy atom. The lowest BCUT2D eigenvalue weighted by atomic mass is 10.0. The van der Waals surface area contributed by atoms with Gasteiger partial charge in [-0.3, -0.25) is 9.67 Å². The Balaban J connectivity index is 1.77. The first kappa shape index (κ1) is 16.8. The van der Waals surface area contributed by atoms with E-state index < -0.39 is 0 Å². The van der Waals surface area contributed by atoms with E-state index in [0.717, 1.165) is 23.6 Å². The first-order chi connectivity index (χ1) is 13.5. The molecule has 1 aliphatic heterocycles. The molecule has 5 heteroatoms. The molecule has 0 spiro atoms. The highest BCUT2D eigenvalue weighted by molar-refractivity contribution is 6.04. The number of fused-ring (bicyclic) bond motifs is 3. The Morgan fingerprint density at radius 3 is 2.39 bits per heavy atom. The van der Waals surface area contributed by atoms with Crippen LogP contribution in [0.15, 0.2) is 54.7 Å². The molecule has 2 aromatic heterocycles. The summed E-state index contributed by atoms with van der Waals surface area (Å²) in [5, 5.41) is 5.81. The average molecular weight is 369 g/mol. The molecule has 1 aliphatic rings. The molecule has 0 aliphatic carbocycles. The van der Waals surface area contributed by atoms with Crippen molar-refractivity contribution in [2.45, 2.75) is 13.8 Å². The zero-order valence-electron chi connectivity index (χ0n) is 16.6. The quantitative estimate of drug-likeness (QED) is 0.509. The number of hydrogen-bond donors (Lipinski definition) is 0. The monoisotopic (exact) mass is 369 g/mol. The van der Waals surface area contributed by atoms with E-state index in [0.29, 0.717) is 0 Å². The maximum atomic E-state index is 4.73. The fourth-order valence-electron chi connectivity index (χ4n) is 4.24. The van der Waals surface area contributed by atoms with Crippen molar-refractivity contribution in [3.63, 3.8) is 0 Å². The second-order valence-corrected chi connectivity index (χ2v) is 7.50. The number of nitrogens with zero attached hydrogens (tertiary/aromatic N) is 5. The summed E-state index contributed by atoms with van der Waals surface area (Å²) in [4.78, 5) is 9.36. The Bertz CT molecular complexity index is 1190. The molecule has 5 nitrogen and oxygen atoms in total. The molecule has 28 heavy (non-hydrogen) atoms. The Labute approximate surface area is 164 Å². The molecule has 0 amide bonds. The highest BCUT2D eigenvalue weighted by Gasteiger charge is 2.30. The summed E-state index contributed by atoms with van der Waals surface area (Å²) in [5.41, 5.74) is 9.20. The van der Waals surface area contributed by atoms with Crippen LogP contribution in [-0.2, 0) is 7.05 Å². The maximum Gasteiger partial charge on any atom is 0.0952 e. The molecule has 0 saturated heterocycles. The van der Waals surface area contributed by atoms with E-state index in [1.807, 2.05) is 17.9 Å². The molecule has 5 rings (SSSR count). The zero-order valence-corrected chi connectivity index (χ0v) is 16.6. The lowest BCUT2D eigenvalue weighted by Crippen LogP contribution is -2.24. The van der Waals surface area contributed by atoms with Gasteiger partial charge in [-0.1, -0.05) is 36.4 Å². The molecule has 2 aromatic carbocycles. The van der Waals surface area contributed by atoms with Crippen molar-refractivity contribution >= 4 is 28.0 Å². The number of pyridine rings is 1. The SMILES string of the molecule is Cc1nn(C)c(C)c1N1CN(C)c2cnc3ccc(-c4ccccc4)cc3c21. The molecule has 0 radical (unpaired) electrons. The molecular weight excluding hydrogens is 346 g/mol. The van der Waals surface area contributed by atoms with E-state index in [2.05, 4.69) is 84.3 Å². The molecule has 0 atom stereocenters. The molecule has 0 N–H and O–H groups in total. The average Bonchev–Trinajstić information content (AvgIpc) is 3.17. The number of rotatable bonds is 2. The second-order valence-electron chi connectivity index (χ2n) is 7.50. The van der Waals surface area contributed by atoms with Crippen molar-refractivity contribution in [3.8, 4) is 11.1 Å².